The lowest BCUT2D eigenvalue weighted by molar-refractivity contribution is 0.262. The van der Waals surface area contributed by atoms with E-state index in [2.05, 4.69) is 66.4 Å². The molecule has 130 valence electrons. The van der Waals surface area contributed by atoms with E-state index in [-0.39, 0.29) is 0 Å². The summed E-state index contributed by atoms with van der Waals surface area (Å²) >= 11 is 0. The molecular formula is C21H25N3O. The number of fused-ring (bicyclic) bond motifs is 1. The van der Waals surface area contributed by atoms with E-state index in [0.717, 1.165) is 42.5 Å². The Bertz CT molecular complexity index is 884. The number of benzene rings is 2. The molecule has 1 atom stereocenters. The summed E-state index contributed by atoms with van der Waals surface area (Å²) in [6.45, 7) is 5.12. The van der Waals surface area contributed by atoms with E-state index in [1.807, 2.05) is 6.92 Å². The molecule has 0 saturated carbocycles. The predicted octanol–water partition coefficient (Wildman–Crippen LogP) is 3.94. The van der Waals surface area contributed by atoms with E-state index in [0.29, 0.717) is 6.04 Å². The van der Waals surface area contributed by atoms with Crippen LogP contribution >= 0.6 is 0 Å². The first-order valence-corrected chi connectivity index (χ1v) is 8.94. The van der Waals surface area contributed by atoms with Gasteiger partial charge in [-0.25, -0.2) is 4.98 Å². The van der Waals surface area contributed by atoms with Crippen molar-refractivity contribution in [1.29, 1.82) is 0 Å². The number of likely N-dealkylation sites (N-methyl/N-ethyl adjacent to an activating group) is 1. The van der Waals surface area contributed by atoms with Crippen molar-refractivity contribution in [2.75, 3.05) is 27.2 Å². The fourth-order valence-corrected chi connectivity index (χ4v) is 3.61. The summed E-state index contributed by atoms with van der Waals surface area (Å²) in [7, 11) is 4.32. The second kappa shape index (κ2) is 6.62. The highest BCUT2D eigenvalue weighted by Gasteiger charge is 2.25. The minimum atomic E-state index is 0.646. The van der Waals surface area contributed by atoms with Gasteiger partial charge in [0.1, 0.15) is 5.76 Å². The van der Waals surface area contributed by atoms with Crippen LogP contribution in [0.1, 0.15) is 17.9 Å². The van der Waals surface area contributed by atoms with Crippen molar-refractivity contribution in [1.82, 2.24) is 14.8 Å². The van der Waals surface area contributed by atoms with Crippen LogP contribution in [-0.2, 0) is 6.54 Å². The van der Waals surface area contributed by atoms with Gasteiger partial charge in [-0.1, -0.05) is 30.3 Å². The maximum absolute atomic E-state index is 5.99. The Balaban J connectivity index is 1.55. The van der Waals surface area contributed by atoms with Crippen LogP contribution in [0.3, 0.4) is 0 Å². The molecule has 0 N–H and O–H groups in total. The third-order valence-corrected chi connectivity index (χ3v) is 5.24. The second-order valence-electron chi connectivity index (χ2n) is 7.23. The predicted molar refractivity (Wildman–Crippen MR) is 102 cm³/mol. The van der Waals surface area contributed by atoms with Gasteiger partial charge in [-0.15, -0.1) is 0 Å². The summed E-state index contributed by atoms with van der Waals surface area (Å²) in [6, 6.07) is 15.4. The molecule has 1 aliphatic rings. The number of aromatic nitrogens is 1. The molecule has 0 bridgehead atoms. The summed E-state index contributed by atoms with van der Waals surface area (Å²) in [6.07, 6.45) is 1.22. The monoisotopic (exact) mass is 335 g/mol. The highest BCUT2D eigenvalue weighted by atomic mass is 16.4. The second-order valence-corrected chi connectivity index (χ2v) is 7.23. The van der Waals surface area contributed by atoms with Crippen LogP contribution < -0.4 is 0 Å². The Hall–Kier alpha value is -2.17. The standard InChI is InChI=1S/C21H25N3O/c1-15-20(14-24-11-10-19(13-24)23(2)3)22-21(25-15)18-9-8-16-6-4-5-7-17(16)12-18/h4-9,12,19H,10-11,13-14H2,1-3H3/t19-/m1/s1. The molecule has 4 rings (SSSR count). The quantitative estimate of drug-likeness (QED) is 0.723. The summed E-state index contributed by atoms with van der Waals surface area (Å²) in [5, 5.41) is 2.45. The first kappa shape index (κ1) is 16.3. The van der Waals surface area contributed by atoms with Gasteiger partial charge in [-0.2, -0.15) is 0 Å². The Morgan fingerprint density at radius 2 is 1.96 bits per heavy atom. The highest BCUT2D eigenvalue weighted by molar-refractivity contribution is 5.86. The molecule has 1 aromatic heterocycles. The molecule has 25 heavy (non-hydrogen) atoms. The van der Waals surface area contributed by atoms with E-state index in [9.17, 15) is 0 Å². The minimum Gasteiger partial charge on any atom is -0.441 e. The zero-order valence-corrected chi connectivity index (χ0v) is 15.2. The van der Waals surface area contributed by atoms with Gasteiger partial charge in [0.2, 0.25) is 5.89 Å². The molecule has 0 spiro atoms. The number of aryl methyl sites for hydroxylation is 1. The van der Waals surface area contributed by atoms with Crippen molar-refractivity contribution in [3.05, 3.63) is 53.9 Å². The number of likely N-dealkylation sites (tertiary alicyclic amines) is 1. The van der Waals surface area contributed by atoms with E-state index >= 15 is 0 Å². The van der Waals surface area contributed by atoms with E-state index in [1.54, 1.807) is 0 Å². The Morgan fingerprint density at radius 1 is 1.16 bits per heavy atom. The molecule has 0 amide bonds. The van der Waals surface area contributed by atoms with Crippen LogP contribution in [0, 0.1) is 6.92 Å². The third-order valence-electron chi connectivity index (χ3n) is 5.24. The average molecular weight is 335 g/mol. The molecule has 0 aliphatic carbocycles. The number of oxazole rings is 1. The van der Waals surface area contributed by atoms with Crippen LogP contribution in [0.4, 0.5) is 0 Å². The van der Waals surface area contributed by atoms with Crippen LogP contribution in [0.2, 0.25) is 0 Å². The number of nitrogens with zero attached hydrogens (tertiary/aromatic N) is 3. The van der Waals surface area contributed by atoms with Crippen LogP contribution in [0.25, 0.3) is 22.2 Å². The minimum absolute atomic E-state index is 0.646. The number of rotatable bonds is 4. The average Bonchev–Trinajstić information content (AvgIpc) is 3.22. The van der Waals surface area contributed by atoms with Gasteiger partial charge in [-0.3, -0.25) is 4.90 Å². The molecule has 3 aromatic rings. The molecule has 2 aromatic carbocycles. The van der Waals surface area contributed by atoms with Gasteiger partial charge in [0.15, 0.2) is 0 Å². The van der Waals surface area contributed by atoms with Crippen LogP contribution in [0.15, 0.2) is 46.9 Å². The largest absolute Gasteiger partial charge is 0.441 e. The molecule has 1 aliphatic heterocycles. The summed E-state index contributed by atoms with van der Waals surface area (Å²) in [5.74, 6) is 1.65. The molecule has 1 fully saturated rings. The van der Waals surface area contributed by atoms with Gasteiger partial charge < -0.3 is 9.32 Å². The Kier molecular flexibility index (Phi) is 4.32. The lowest BCUT2D eigenvalue weighted by Crippen LogP contribution is -2.31. The van der Waals surface area contributed by atoms with E-state index in [4.69, 9.17) is 9.40 Å². The Morgan fingerprint density at radius 3 is 2.72 bits per heavy atom. The molecule has 2 heterocycles. The first-order chi connectivity index (χ1) is 12.1. The summed E-state index contributed by atoms with van der Waals surface area (Å²) in [4.78, 5) is 9.59. The molecule has 4 nitrogen and oxygen atoms in total. The number of hydrogen-bond donors (Lipinski definition) is 0. The zero-order chi connectivity index (χ0) is 17.4. The van der Waals surface area contributed by atoms with Gasteiger partial charge in [0.25, 0.3) is 0 Å². The molecule has 1 saturated heterocycles. The fourth-order valence-electron chi connectivity index (χ4n) is 3.61. The van der Waals surface area contributed by atoms with Crippen molar-refractivity contribution < 1.29 is 4.42 Å². The molecule has 0 unspecified atom stereocenters. The Labute approximate surface area is 149 Å². The van der Waals surface area contributed by atoms with Gasteiger partial charge >= 0.3 is 0 Å². The van der Waals surface area contributed by atoms with Crippen molar-refractivity contribution in [3.63, 3.8) is 0 Å². The summed E-state index contributed by atoms with van der Waals surface area (Å²) < 4.78 is 5.99. The van der Waals surface area contributed by atoms with Gasteiger partial charge in [0, 0.05) is 31.2 Å². The normalized spacial score (nSPS) is 18.5. The lowest BCUT2D eigenvalue weighted by atomic mass is 10.1. The SMILES string of the molecule is Cc1oc(-c2ccc3ccccc3c2)nc1CN1CC[C@@H](N(C)C)C1. The van der Waals surface area contributed by atoms with Crippen LogP contribution in [-0.4, -0.2) is 48.0 Å². The zero-order valence-electron chi connectivity index (χ0n) is 15.2. The summed E-state index contributed by atoms with van der Waals surface area (Å²) in [5.41, 5.74) is 2.10. The van der Waals surface area contributed by atoms with Gasteiger partial charge in [-0.05, 0) is 50.3 Å². The third kappa shape index (κ3) is 3.32. The van der Waals surface area contributed by atoms with E-state index < -0.39 is 0 Å². The molecule has 0 radical (unpaired) electrons. The first-order valence-electron chi connectivity index (χ1n) is 8.94. The van der Waals surface area contributed by atoms with Crippen molar-refractivity contribution in [2.24, 2.45) is 0 Å². The maximum Gasteiger partial charge on any atom is 0.226 e. The van der Waals surface area contributed by atoms with Crippen molar-refractivity contribution in [3.8, 4) is 11.5 Å². The number of hydrogen-bond acceptors (Lipinski definition) is 4. The smallest absolute Gasteiger partial charge is 0.226 e. The highest BCUT2D eigenvalue weighted by Crippen LogP contribution is 2.27. The van der Waals surface area contributed by atoms with Gasteiger partial charge in [0.05, 0.1) is 5.69 Å². The molecule has 4 heteroatoms. The molecular weight excluding hydrogens is 310 g/mol. The van der Waals surface area contributed by atoms with Crippen LogP contribution in [0.5, 0.6) is 0 Å². The topological polar surface area (TPSA) is 32.5 Å². The lowest BCUT2D eigenvalue weighted by Gasteiger charge is -2.19. The maximum atomic E-state index is 5.99. The van der Waals surface area contributed by atoms with Crippen molar-refractivity contribution in [2.45, 2.75) is 25.9 Å². The van der Waals surface area contributed by atoms with E-state index in [1.165, 1.54) is 17.2 Å². The van der Waals surface area contributed by atoms with Crippen molar-refractivity contribution >= 4 is 10.8 Å². The fraction of sp³-hybridized carbons (Fsp3) is 0.381.